The summed E-state index contributed by atoms with van der Waals surface area (Å²) in [4.78, 5) is 15.6. The molecule has 0 N–H and O–H groups in total. The number of hydrogen-bond acceptors (Lipinski definition) is 5. The van der Waals surface area contributed by atoms with Gasteiger partial charge in [-0.1, -0.05) is 22.9 Å². The summed E-state index contributed by atoms with van der Waals surface area (Å²) < 4.78 is 16.5. The molecule has 1 amide bonds. The van der Waals surface area contributed by atoms with E-state index in [4.69, 9.17) is 14.0 Å². The molecular formula is C24H22N2O4. The highest BCUT2D eigenvalue weighted by Gasteiger charge is 2.56. The lowest BCUT2D eigenvalue weighted by molar-refractivity contribution is -0.121. The first-order valence-electron chi connectivity index (χ1n) is 10.4. The van der Waals surface area contributed by atoms with Crippen molar-refractivity contribution in [1.82, 2.24) is 5.16 Å². The summed E-state index contributed by atoms with van der Waals surface area (Å²) in [6, 6.07) is 13.9. The Bertz CT molecular complexity index is 1160. The van der Waals surface area contributed by atoms with Gasteiger partial charge in [0.15, 0.2) is 17.3 Å². The van der Waals surface area contributed by atoms with Gasteiger partial charge < -0.3 is 18.9 Å². The number of rotatable bonds is 3. The first-order valence-corrected chi connectivity index (χ1v) is 10.4. The van der Waals surface area contributed by atoms with Crippen LogP contribution in [0.2, 0.25) is 0 Å². The summed E-state index contributed by atoms with van der Waals surface area (Å²) in [5, 5.41) is 4.31. The SMILES string of the molecule is Cc1ccc2c(c1)CCCN2C(=O)C1(c2cc(-c3ccc4c(c3)OCO4)on2)CC1. The molecule has 0 saturated heterocycles. The summed E-state index contributed by atoms with van der Waals surface area (Å²) >= 11 is 0. The third-order valence-corrected chi connectivity index (χ3v) is 6.42. The first-order chi connectivity index (χ1) is 14.6. The van der Waals surface area contributed by atoms with Crippen LogP contribution in [0, 0.1) is 6.92 Å². The van der Waals surface area contributed by atoms with E-state index in [0.29, 0.717) is 11.5 Å². The van der Waals surface area contributed by atoms with Gasteiger partial charge >= 0.3 is 0 Å². The number of carbonyl (C=O) groups excluding carboxylic acids is 1. The predicted octanol–water partition coefficient (Wildman–Crippen LogP) is 4.39. The van der Waals surface area contributed by atoms with Gasteiger partial charge in [-0.2, -0.15) is 0 Å². The average molecular weight is 402 g/mol. The Balaban J connectivity index is 1.31. The molecule has 2 aliphatic heterocycles. The highest BCUT2D eigenvalue weighted by atomic mass is 16.7. The minimum atomic E-state index is -0.572. The molecule has 0 radical (unpaired) electrons. The van der Waals surface area contributed by atoms with Crippen molar-refractivity contribution in [3.8, 4) is 22.8 Å². The normalized spacial score (nSPS) is 18.2. The second kappa shape index (κ2) is 6.36. The highest BCUT2D eigenvalue weighted by molar-refractivity contribution is 6.03. The van der Waals surface area contributed by atoms with Gasteiger partial charge in [0.1, 0.15) is 0 Å². The van der Waals surface area contributed by atoms with E-state index >= 15 is 0 Å². The molecule has 6 nitrogen and oxygen atoms in total. The lowest BCUT2D eigenvalue weighted by atomic mass is 9.94. The van der Waals surface area contributed by atoms with Crippen LogP contribution in [0.3, 0.4) is 0 Å². The largest absolute Gasteiger partial charge is 0.454 e. The predicted molar refractivity (Wildman–Crippen MR) is 111 cm³/mol. The van der Waals surface area contributed by atoms with Gasteiger partial charge in [-0.3, -0.25) is 4.79 Å². The molecule has 1 aromatic heterocycles. The zero-order valence-corrected chi connectivity index (χ0v) is 16.8. The second-order valence-corrected chi connectivity index (χ2v) is 8.42. The van der Waals surface area contributed by atoms with Gasteiger partial charge in [0.25, 0.3) is 0 Å². The van der Waals surface area contributed by atoms with Crippen molar-refractivity contribution >= 4 is 11.6 Å². The first kappa shape index (κ1) is 17.6. The molecule has 0 unspecified atom stereocenters. The topological polar surface area (TPSA) is 64.8 Å². The molecule has 0 bridgehead atoms. The maximum atomic E-state index is 13.6. The van der Waals surface area contributed by atoms with E-state index < -0.39 is 5.41 Å². The van der Waals surface area contributed by atoms with Crippen molar-refractivity contribution in [3.05, 3.63) is 59.3 Å². The molecule has 3 aromatic rings. The van der Waals surface area contributed by atoms with Crippen molar-refractivity contribution in [2.45, 2.75) is 38.0 Å². The van der Waals surface area contributed by atoms with Crippen LogP contribution in [0.4, 0.5) is 5.69 Å². The molecular weight excluding hydrogens is 380 g/mol. The number of hydrogen-bond donors (Lipinski definition) is 0. The summed E-state index contributed by atoms with van der Waals surface area (Å²) in [7, 11) is 0. The average Bonchev–Trinajstić information content (AvgIpc) is 3.20. The maximum Gasteiger partial charge on any atom is 0.239 e. The number of ether oxygens (including phenoxy) is 2. The molecule has 3 aliphatic rings. The minimum Gasteiger partial charge on any atom is -0.454 e. The number of nitrogens with zero attached hydrogens (tertiary/aromatic N) is 2. The van der Waals surface area contributed by atoms with Gasteiger partial charge in [-0.25, -0.2) is 0 Å². The van der Waals surface area contributed by atoms with Crippen molar-refractivity contribution in [2.24, 2.45) is 0 Å². The zero-order valence-electron chi connectivity index (χ0n) is 16.8. The molecule has 6 heteroatoms. The van der Waals surface area contributed by atoms with E-state index in [1.54, 1.807) is 0 Å². The Morgan fingerprint density at radius 3 is 2.80 bits per heavy atom. The van der Waals surface area contributed by atoms with Crippen LogP contribution in [0.1, 0.15) is 36.1 Å². The van der Waals surface area contributed by atoms with Crippen molar-refractivity contribution in [3.63, 3.8) is 0 Å². The Morgan fingerprint density at radius 2 is 1.93 bits per heavy atom. The van der Waals surface area contributed by atoms with Crippen molar-refractivity contribution in [2.75, 3.05) is 18.2 Å². The number of amides is 1. The Kier molecular flexibility index (Phi) is 3.72. The molecule has 0 spiro atoms. The molecule has 0 atom stereocenters. The summed E-state index contributed by atoms with van der Waals surface area (Å²) in [5.41, 5.74) is 4.54. The zero-order chi connectivity index (χ0) is 20.3. The third kappa shape index (κ3) is 2.63. The van der Waals surface area contributed by atoms with Crippen LogP contribution in [0.5, 0.6) is 11.5 Å². The molecule has 2 aromatic carbocycles. The van der Waals surface area contributed by atoms with E-state index in [-0.39, 0.29) is 12.7 Å². The molecule has 3 heterocycles. The Labute approximate surface area is 174 Å². The van der Waals surface area contributed by atoms with E-state index in [2.05, 4.69) is 30.3 Å². The van der Waals surface area contributed by atoms with Gasteiger partial charge in [-0.15, -0.1) is 0 Å². The molecule has 152 valence electrons. The molecule has 30 heavy (non-hydrogen) atoms. The number of benzene rings is 2. The maximum absolute atomic E-state index is 13.6. The van der Waals surface area contributed by atoms with Crippen LogP contribution in [-0.2, 0) is 16.6 Å². The minimum absolute atomic E-state index is 0.137. The van der Waals surface area contributed by atoms with E-state index in [0.717, 1.165) is 54.9 Å². The fourth-order valence-electron chi connectivity index (χ4n) is 4.59. The van der Waals surface area contributed by atoms with Crippen LogP contribution in [0.25, 0.3) is 11.3 Å². The second-order valence-electron chi connectivity index (χ2n) is 8.42. The lowest BCUT2D eigenvalue weighted by Gasteiger charge is -2.32. The molecule has 1 aliphatic carbocycles. The van der Waals surface area contributed by atoms with E-state index in [9.17, 15) is 4.79 Å². The van der Waals surface area contributed by atoms with Crippen molar-refractivity contribution < 1.29 is 18.8 Å². The van der Waals surface area contributed by atoms with Crippen LogP contribution < -0.4 is 14.4 Å². The highest BCUT2D eigenvalue weighted by Crippen LogP contribution is 2.51. The van der Waals surface area contributed by atoms with Gasteiger partial charge in [0.2, 0.25) is 12.7 Å². The quantitative estimate of drug-likeness (QED) is 0.650. The molecule has 1 saturated carbocycles. The van der Waals surface area contributed by atoms with E-state index in [1.165, 1.54) is 11.1 Å². The fraction of sp³-hybridized carbons (Fsp3) is 0.333. The lowest BCUT2D eigenvalue weighted by Crippen LogP contribution is -2.42. The Morgan fingerprint density at radius 1 is 1.07 bits per heavy atom. The summed E-state index contributed by atoms with van der Waals surface area (Å²) in [6.07, 6.45) is 3.61. The monoisotopic (exact) mass is 402 g/mol. The number of carbonyl (C=O) groups is 1. The van der Waals surface area contributed by atoms with Crippen LogP contribution in [0.15, 0.2) is 47.0 Å². The third-order valence-electron chi connectivity index (χ3n) is 6.42. The van der Waals surface area contributed by atoms with Gasteiger partial charge in [0, 0.05) is 23.9 Å². The van der Waals surface area contributed by atoms with Crippen molar-refractivity contribution in [1.29, 1.82) is 0 Å². The smallest absolute Gasteiger partial charge is 0.239 e. The van der Waals surface area contributed by atoms with Gasteiger partial charge in [0.05, 0.1) is 11.1 Å². The molecule has 1 fully saturated rings. The Hall–Kier alpha value is -3.28. The fourth-order valence-corrected chi connectivity index (χ4v) is 4.59. The number of fused-ring (bicyclic) bond motifs is 2. The number of anilines is 1. The number of aromatic nitrogens is 1. The van der Waals surface area contributed by atoms with Crippen LogP contribution in [-0.4, -0.2) is 24.4 Å². The number of aryl methyl sites for hydroxylation is 2. The summed E-state index contributed by atoms with van der Waals surface area (Å²) in [6.45, 7) is 3.08. The van der Waals surface area contributed by atoms with Gasteiger partial charge in [-0.05, 0) is 62.4 Å². The van der Waals surface area contributed by atoms with E-state index in [1.807, 2.05) is 29.2 Å². The standard InChI is InChI=1S/C24H22N2O4/c1-15-4-6-18-16(11-15)3-2-10-26(18)23(27)24(8-9-24)22-13-20(30-25-22)17-5-7-19-21(12-17)29-14-28-19/h4-7,11-13H,2-3,8-10,14H2,1H3. The molecule has 6 rings (SSSR count). The van der Waals surface area contributed by atoms with Crippen LogP contribution >= 0.6 is 0 Å². The summed E-state index contributed by atoms with van der Waals surface area (Å²) in [5.74, 6) is 2.20.